The molecule has 1 saturated heterocycles. The predicted octanol–water partition coefficient (Wildman–Crippen LogP) is 3.71. The molecular formula is C13H10F3NO. The smallest absolute Gasteiger partial charge is 0.363 e. The van der Waals surface area contributed by atoms with Crippen molar-refractivity contribution in [3.63, 3.8) is 0 Å². The lowest BCUT2D eigenvalue weighted by Crippen LogP contribution is -2.07. The molecule has 18 heavy (non-hydrogen) atoms. The van der Waals surface area contributed by atoms with Crippen molar-refractivity contribution < 1.29 is 17.9 Å². The van der Waals surface area contributed by atoms with Gasteiger partial charge in [0.15, 0.2) is 0 Å². The van der Waals surface area contributed by atoms with Crippen LogP contribution in [0.15, 0.2) is 30.3 Å². The molecule has 2 heterocycles. The van der Waals surface area contributed by atoms with E-state index in [4.69, 9.17) is 4.74 Å². The molecule has 1 aromatic carbocycles. The lowest BCUT2D eigenvalue weighted by Gasteiger charge is -2.10. The molecule has 0 bridgehead atoms. The Balaban J connectivity index is 2.18. The van der Waals surface area contributed by atoms with E-state index in [0.717, 1.165) is 6.07 Å². The molecule has 1 aromatic heterocycles. The van der Waals surface area contributed by atoms with Gasteiger partial charge in [0.25, 0.3) is 0 Å². The highest BCUT2D eigenvalue weighted by molar-refractivity contribution is 5.82. The molecule has 2 atom stereocenters. The van der Waals surface area contributed by atoms with Crippen molar-refractivity contribution in [3.8, 4) is 0 Å². The summed E-state index contributed by atoms with van der Waals surface area (Å²) in [6.07, 6.45) is -4.52. The highest BCUT2D eigenvalue weighted by Gasteiger charge is 2.38. The Morgan fingerprint density at radius 1 is 1.17 bits per heavy atom. The summed E-state index contributed by atoms with van der Waals surface area (Å²) in [4.78, 5) is 4.11. The number of pyridine rings is 1. The Morgan fingerprint density at radius 2 is 1.89 bits per heavy atom. The number of halogens is 3. The van der Waals surface area contributed by atoms with E-state index >= 15 is 0 Å². The fourth-order valence-electron chi connectivity index (χ4n) is 2.05. The minimum atomic E-state index is -4.39. The average Bonchev–Trinajstić information content (AvgIpc) is 3.04. The maximum atomic E-state index is 12.9. The third-order valence-electron chi connectivity index (χ3n) is 3.05. The van der Waals surface area contributed by atoms with Crippen LogP contribution < -0.4 is 0 Å². The minimum Gasteiger partial charge on any atom is -0.363 e. The first kappa shape index (κ1) is 11.5. The molecule has 2 aromatic rings. The van der Waals surface area contributed by atoms with Crippen molar-refractivity contribution in [1.29, 1.82) is 0 Å². The fraction of sp³-hybridized carbons (Fsp3) is 0.308. The molecule has 0 unspecified atom stereocenters. The number of fused-ring (bicyclic) bond motifs is 1. The fourth-order valence-corrected chi connectivity index (χ4v) is 2.05. The Morgan fingerprint density at radius 3 is 2.50 bits per heavy atom. The molecule has 1 aliphatic rings. The van der Waals surface area contributed by atoms with Gasteiger partial charge in [-0.05, 0) is 19.1 Å². The largest absolute Gasteiger partial charge is 0.418 e. The molecule has 0 saturated carbocycles. The molecular weight excluding hydrogens is 243 g/mol. The third kappa shape index (κ3) is 1.84. The number of rotatable bonds is 1. The standard InChI is InChI=1S/C13H10F3NO/c1-7-12(18-7)10-6-5-8-3-2-4-9(11(8)17-10)13(14,15)16/h2-7,12H,1H3/t7-,12-/m0/s1. The summed E-state index contributed by atoms with van der Waals surface area (Å²) in [7, 11) is 0. The van der Waals surface area contributed by atoms with Crippen LogP contribution >= 0.6 is 0 Å². The Hall–Kier alpha value is -1.62. The molecule has 1 aliphatic heterocycles. The highest BCUT2D eigenvalue weighted by atomic mass is 19.4. The van der Waals surface area contributed by atoms with E-state index in [1.807, 2.05) is 6.92 Å². The van der Waals surface area contributed by atoms with Gasteiger partial charge in [-0.3, -0.25) is 0 Å². The lowest BCUT2D eigenvalue weighted by molar-refractivity contribution is -0.136. The summed E-state index contributed by atoms with van der Waals surface area (Å²) in [6, 6.07) is 7.44. The number of nitrogens with zero attached hydrogens (tertiary/aromatic N) is 1. The number of para-hydroxylation sites is 1. The summed E-state index contributed by atoms with van der Waals surface area (Å²) in [6.45, 7) is 1.87. The zero-order valence-corrected chi connectivity index (χ0v) is 9.53. The number of benzene rings is 1. The second-order valence-corrected chi connectivity index (χ2v) is 4.37. The maximum Gasteiger partial charge on any atom is 0.418 e. The van der Waals surface area contributed by atoms with Crippen LogP contribution in [0.5, 0.6) is 0 Å². The van der Waals surface area contributed by atoms with Crippen molar-refractivity contribution in [1.82, 2.24) is 4.98 Å². The van der Waals surface area contributed by atoms with Gasteiger partial charge in [-0.2, -0.15) is 13.2 Å². The van der Waals surface area contributed by atoms with E-state index in [1.165, 1.54) is 6.07 Å². The van der Waals surface area contributed by atoms with Crippen LogP contribution in [0, 0.1) is 0 Å². The Labute approximate surface area is 101 Å². The van der Waals surface area contributed by atoms with Gasteiger partial charge in [0.1, 0.15) is 6.10 Å². The molecule has 0 amide bonds. The molecule has 3 rings (SSSR count). The Kier molecular flexibility index (Phi) is 2.35. The van der Waals surface area contributed by atoms with Gasteiger partial charge < -0.3 is 4.74 Å². The second-order valence-electron chi connectivity index (χ2n) is 4.37. The summed E-state index contributed by atoms with van der Waals surface area (Å²) >= 11 is 0. The van der Waals surface area contributed by atoms with E-state index < -0.39 is 11.7 Å². The first-order valence-corrected chi connectivity index (χ1v) is 5.59. The number of aromatic nitrogens is 1. The molecule has 0 spiro atoms. The SMILES string of the molecule is C[C@@H]1O[C@@H]1c1ccc2cccc(C(F)(F)F)c2n1. The van der Waals surface area contributed by atoms with E-state index in [1.54, 1.807) is 18.2 Å². The summed E-state index contributed by atoms with van der Waals surface area (Å²) < 4.78 is 43.8. The van der Waals surface area contributed by atoms with Crippen molar-refractivity contribution in [2.24, 2.45) is 0 Å². The van der Waals surface area contributed by atoms with Crippen molar-refractivity contribution in [2.45, 2.75) is 25.3 Å². The van der Waals surface area contributed by atoms with Gasteiger partial charge in [-0.1, -0.05) is 18.2 Å². The third-order valence-corrected chi connectivity index (χ3v) is 3.05. The van der Waals surface area contributed by atoms with Crippen LogP contribution in [0.1, 0.15) is 24.3 Å². The van der Waals surface area contributed by atoms with Crippen LogP contribution in [0.2, 0.25) is 0 Å². The summed E-state index contributed by atoms with van der Waals surface area (Å²) in [5, 5.41) is 0.488. The van der Waals surface area contributed by atoms with Gasteiger partial charge >= 0.3 is 6.18 Å². The number of hydrogen-bond acceptors (Lipinski definition) is 2. The van der Waals surface area contributed by atoms with Crippen molar-refractivity contribution >= 4 is 10.9 Å². The molecule has 0 radical (unpaired) electrons. The number of hydrogen-bond donors (Lipinski definition) is 0. The van der Waals surface area contributed by atoms with Crippen LogP contribution in [0.4, 0.5) is 13.2 Å². The van der Waals surface area contributed by atoms with Crippen LogP contribution in [0.25, 0.3) is 10.9 Å². The van der Waals surface area contributed by atoms with Crippen LogP contribution in [-0.4, -0.2) is 11.1 Å². The van der Waals surface area contributed by atoms with Crippen molar-refractivity contribution in [2.75, 3.05) is 0 Å². The minimum absolute atomic E-state index is 0.00907. The van der Waals surface area contributed by atoms with E-state index in [9.17, 15) is 13.2 Å². The zero-order valence-electron chi connectivity index (χ0n) is 9.53. The highest BCUT2D eigenvalue weighted by Crippen LogP contribution is 2.39. The summed E-state index contributed by atoms with van der Waals surface area (Å²) in [5.74, 6) is 0. The molecule has 94 valence electrons. The van der Waals surface area contributed by atoms with E-state index in [0.29, 0.717) is 11.1 Å². The quantitative estimate of drug-likeness (QED) is 0.724. The normalized spacial score (nSPS) is 23.3. The first-order chi connectivity index (χ1) is 8.47. The summed E-state index contributed by atoms with van der Waals surface area (Å²) in [5.41, 5.74) is -0.146. The lowest BCUT2D eigenvalue weighted by atomic mass is 10.1. The molecule has 5 heteroatoms. The maximum absolute atomic E-state index is 12.9. The van der Waals surface area contributed by atoms with Gasteiger partial charge in [0.2, 0.25) is 0 Å². The monoisotopic (exact) mass is 253 g/mol. The molecule has 0 N–H and O–H groups in total. The van der Waals surface area contributed by atoms with Gasteiger partial charge in [0, 0.05) is 5.39 Å². The molecule has 0 aliphatic carbocycles. The van der Waals surface area contributed by atoms with Gasteiger partial charge in [-0.15, -0.1) is 0 Å². The zero-order chi connectivity index (χ0) is 12.9. The average molecular weight is 253 g/mol. The topological polar surface area (TPSA) is 25.4 Å². The predicted molar refractivity (Wildman–Crippen MR) is 60.0 cm³/mol. The van der Waals surface area contributed by atoms with E-state index in [-0.39, 0.29) is 17.7 Å². The Bertz CT molecular complexity index is 609. The molecule has 2 nitrogen and oxygen atoms in total. The second kappa shape index (κ2) is 3.68. The number of alkyl halides is 3. The van der Waals surface area contributed by atoms with Crippen LogP contribution in [0.3, 0.4) is 0 Å². The first-order valence-electron chi connectivity index (χ1n) is 5.59. The van der Waals surface area contributed by atoms with Gasteiger partial charge in [0.05, 0.1) is 22.9 Å². The number of epoxide rings is 1. The number of ether oxygens (including phenoxy) is 1. The van der Waals surface area contributed by atoms with Gasteiger partial charge in [-0.25, -0.2) is 4.98 Å². The van der Waals surface area contributed by atoms with Crippen LogP contribution in [-0.2, 0) is 10.9 Å². The van der Waals surface area contributed by atoms with E-state index in [2.05, 4.69) is 4.98 Å². The molecule has 1 fully saturated rings. The van der Waals surface area contributed by atoms with Crippen molar-refractivity contribution in [3.05, 3.63) is 41.6 Å².